The molecule has 1 heterocycles. The Balaban J connectivity index is 2.54. The number of hydrogen-bond donors (Lipinski definition) is 0. The number of ketones is 2. The first-order chi connectivity index (χ1) is 8.40. The van der Waals surface area contributed by atoms with Gasteiger partial charge in [0.2, 0.25) is 0 Å². The molecule has 0 aliphatic carbocycles. The molecule has 0 aromatic rings. The highest BCUT2D eigenvalue weighted by Gasteiger charge is 2.28. The Morgan fingerprint density at radius 2 is 2.11 bits per heavy atom. The van der Waals surface area contributed by atoms with Crippen molar-refractivity contribution in [1.29, 1.82) is 0 Å². The third-order valence-corrected chi connectivity index (χ3v) is 2.84. The van der Waals surface area contributed by atoms with Crippen LogP contribution in [-0.2, 0) is 23.9 Å². The molecule has 18 heavy (non-hydrogen) atoms. The smallest absolute Gasteiger partial charge is 0.302 e. The van der Waals surface area contributed by atoms with Crippen molar-refractivity contribution in [1.82, 2.24) is 0 Å². The van der Waals surface area contributed by atoms with Gasteiger partial charge in [0.25, 0.3) is 0 Å². The van der Waals surface area contributed by atoms with Crippen molar-refractivity contribution in [3.05, 3.63) is 12.2 Å². The normalized spacial score (nSPS) is 24.7. The minimum absolute atomic E-state index is 0.0255. The van der Waals surface area contributed by atoms with Crippen LogP contribution in [0.3, 0.4) is 0 Å². The zero-order valence-electron chi connectivity index (χ0n) is 10.8. The molecule has 1 unspecified atom stereocenters. The minimum Gasteiger partial charge on any atom is -0.463 e. The highest BCUT2D eigenvalue weighted by atomic mass is 16.6. The molecule has 100 valence electrons. The summed E-state index contributed by atoms with van der Waals surface area (Å²) in [6.45, 7) is 4.65. The molecule has 0 aromatic carbocycles. The Hall–Kier alpha value is -1.49. The van der Waals surface area contributed by atoms with Crippen LogP contribution in [0, 0.1) is 5.92 Å². The van der Waals surface area contributed by atoms with Gasteiger partial charge in [-0.15, -0.1) is 0 Å². The van der Waals surface area contributed by atoms with Crippen molar-refractivity contribution in [2.75, 3.05) is 6.61 Å². The number of rotatable bonds is 5. The maximum absolute atomic E-state index is 11.6. The molecule has 0 amide bonds. The number of carbonyl (C=O) groups excluding carboxylic acids is 3. The van der Waals surface area contributed by atoms with E-state index in [1.54, 1.807) is 13.0 Å². The summed E-state index contributed by atoms with van der Waals surface area (Å²) >= 11 is 0. The fourth-order valence-electron chi connectivity index (χ4n) is 1.59. The van der Waals surface area contributed by atoms with E-state index in [0.29, 0.717) is 6.42 Å². The summed E-state index contributed by atoms with van der Waals surface area (Å²) in [5.41, 5.74) is 0. The van der Waals surface area contributed by atoms with Crippen molar-refractivity contribution in [2.45, 2.75) is 39.4 Å². The Labute approximate surface area is 106 Å². The third kappa shape index (κ3) is 4.41. The number of hydrogen-bond acceptors (Lipinski definition) is 5. The molecular formula is C13H18O5. The molecule has 0 saturated heterocycles. The van der Waals surface area contributed by atoms with Crippen LogP contribution in [0.5, 0.6) is 0 Å². The lowest BCUT2D eigenvalue weighted by molar-refractivity contribution is -0.148. The maximum atomic E-state index is 11.6. The molecule has 1 rings (SSSR count). The Morgan fingerprint density at radius 3 is 2.67 bits per heavy atom. The van der Waals surface area contributed by atoms with Gasteiger partial charge in [-0.2, -0.15) is 0 Å². The van der Waals surface area contributed by atoms with E-state index in [2.05, 4.69) is 0 Å². The number of Topliss-reactive ketones (excluding diaryl/α,β-unsaturated/α-hetero) is 1. The molecule has 3 atom stereocenters. The molecule has 0 spiro atoms. The second kappa shape index (κ2) is 6.44. The topological polar surface area (TPSA) is 69.7 Å². The zero-order valence-corrected chi connectivity index (χ0v) is 10.8. The summed E-state index contributed by atoms with van der Waals surface area (Å²) in [6.07, 6.45) is 2.30. The molecule has 0 bridgehead atoms. The number of carbonyl (C=O) groups is 3. The SMILES string of the molecule is CC(=O)OC[C@@H]1C=CC(=O)[C@@H](CC(C)C(C)=O)O1. The van der Waals surface area contributed by atoms with Crippen molar-refractivity contribution >= 4 is 17.5 Å². The second-order valence-electron chi connectivity index (χ2n) is 4.47. The van der Waals surface area contributed by atoms with Crippen LogP contribution in [0.1, 0.15) is 27.2 Å². The fourth-order valence-corrected chi connectivity index (χ4v) is 1.59. The van der Waals surface area contributed by atoms with E-state index in [1.165, 1.54) is 19.9 Å². The highest BCUT2D eigenvalue weighted by molar-refractivity contribution is 5.94. The molecule has 0 radical (unpaired) electrons. The lowest BCUT2D eigenvalue weighted by Crippen LogP contribution is -2.36. The van der Waals surface area contributed by atoms with Gasteiger partial charge < -0.3 is 9.47 Å². The molecule has 0 aromatic heterocycles. The van der Waals surface area contributed by atoms with Gasteiger partial charge in [0.15, 0.2) is 5.78 Å². The molecule has 0 saturated carbocycles. The van der Waals surface area contributed by atoms with E-state index in [4.69, 9.17) is 9.47 Å². The van der Waals surface area contributed by atoms with Gasteiger partial charge in [-0.1, -0.05) is 6.92 Å². The summed E-state index contributed by atoms with van der Waals surface area (Å²) in [6, 6.07) is 0. The van der Waals surface area contributed by atoms with Crippen LogP contribution in [0.2, 0.25) is 0 Å². The lowest BCUT2D eigenvalue weighted by Gasteiger charge is -2.25. The maximum Gasteiger partial charge on any atom is 0.302 e. The summed E-state index contributed by atoms with van der Waals surface area (Å²) in [7, 11) is 0. The molecule has 5 nitrogen and oxygen atoms in total. The van der Waals surface area contributed by atoms with Gasteiger partial charge >= 0.3 is 5.97 Å². The van der Waals surface area contributed by atoms with Gasteiger partial charge in [0.05, 0.1) is 0 Å². The minimum atomic E-state index is -0.630. The fraction of sp³-hybridized carbons (Fsp3) is 0.615. The monoisotopic (exact) mass is 254 g/mol. The molecule has 1 aliphatic rings. The van der Waals surface area contributed by atoms with Crippen molar-refractivity contribution < 1.29 is 23.9 Å². The summed E-state index contributed by atoms with van der Waals surface area (Å²) in [5, 5.41) is 0. The second-order valence-corrected chi connectivity index (χ2v) is 4.47. The standard InChI is InChI=1S/C13H18O5/c1-8(9(2)14)6-13-12(16)5-4-11(18-13)7-17-10(3)15/h4-5,8,11,13H,6-7H2,1-3H3/t8?,11-,13+/m0/s1. The molecule has 0 N–H and O–H groups in total. The molecule has 1 aliphatic heterocycles. The van der Waals surface area contributed by atoms with Gasteiger partial charge in [-0.25, -0.2) is 0 Å². The van der Waals surface area contributed by atoms with Crippen LogP contribution < -0.4 is 0 Å². The van der Waals surface area contributed by atoms with E-state index in [-0.39, 0.29) is 24.1 Å². The first kappa shape index (κ1) is 14.6. The average molecular weight is 254 g/mol. The van der Waals surface area contributed by atoms with Crippen LogP contribution in [0.25, 0.3) is 0 Å². The average Bonchev–Trinajstić information content (AvgIpc) is 2.29. The van der Waals surface area contributed by atoms with Crippen LogP contribution in [0.15, 0.2) is 12.2 Å². The summed E-state index contributed by atoms with van der Waals surface area (Å²) < 4.78 is 10.3. The zero-order chi connectivity index (χ0) is 13.7. The Morgan fingerprint density at radius 1 is 1.44 bits per heavy atom. The summed E-state index contributed by atoms with van der Waals surface area (Å²) in [5.74, 6) is -0.739. The van der Waals surface area contributed by atoms with Crippen LogP contribution in [-0.4, -0.2) is 36.4 Å². The molecule has 0 fully saturated rings. The largest absolute Gasteiger partial charge is 0.463 e. The van der Waals surface area contributed by atoms with E-state index in [1.807, 2.05) is 0 Å². The van der Waals surface area contributed by atoms with Crippen LogP contribution >= 0.6 is 0 Å². The first-order valence-corrected chi connectivity index (χ1v) is 5.91. The summed E-state index contributed by atoms with van der Waals surface area (Å²) in [4.78, 5) is 33.5. The van der Waals surface area contributed by atoms with Gasteiger partial charge in [-0.05, 0) is 25.5 Å². The number of ether oxygens (including phenoxy) is 2. The molecular weight excluding hydrogens is 236 g/mol. The highest BCUT2D eigenvalue weighted by Crippen LogP contribution is 2.18. The predicted molar refractivity (Wildman–Crippen MR) is 63.9 cm³/mol. The van der Waals surface area contributed by atoms with Crippen molar-refractivity contribution in [2.24, 2.45) is 5.92 Å². The predicted octanol–water partition coefficient (Wildman–Crippen LogP) is 1.06. The Bertz CT molecular complexity index is 372. The van der Waals surface area contributed by atoms with Gasteiger partial charge in [-0.3, -0.25) is 14.4 Å². The third-order valence-electron chi connectivity index (χ3n) is 2.84. The van der Waals surface area contributed by atoms with E-state index >= 15 is 0 Å². The first-order valence-electron chi connectivity index (χ1n) is 5.91. The van der Waals surface area contributed by atoms with Gasteiger partial charge in [0.1, 0.15) is 24.6 Å². The Kier molecular flexibility index (Phi) is 5.22. The quantitative estimate of drug-likeness (QED) is 0.686. The van der Waals surface area contributed by atoms with Crippen molar-refractivity contribution in [3.8, 4) is 0 Å². The molecule has 5 heteroatoms. The number of esters is 1. The van der Waals surface area contributed by atoms with Crippen molar-refractivity contribution in [3.63, 3.8) is 0 Å². The lowest BCUT2D eigenvalue weighted by atomic mass is 9.96. The van der Waals surface area contributed by atoms with E-state index in [0.717, 1.165) is 0 Å². The van der Waals surface area contributed by atoms with Crippen LogP contribution in [0.4, 0.5) is 0 Å². The van der Waals surface area contributed by atoms with Gasteiger partial charge in [0, 0.05) is 12.8 Å². The van der Waals surface area contributed by atoms with E-state index in [9.17, 15) is 14.4 Å². The van der Waals surface area contributed by atoms with E-state index < -0.39 is 18.2 Å².